The molecule has 7 N–H and O–H groups in total. The number of aliphatic hydroxyl groups is 1. The molecule has 2 fully saturated rings. The van der Waals surface area contributed by atoms with Gasteiger partial charge >= 0.3 is 24.2 Å². The van der Waals surface area contributed by atoms with Gasteiger partial charge in [-0.15, -0.1) is 5.10 Å². The van der Waals surface area contributed by atoms with E-state index < -0.39 is 84.5 Å². The molecule has 10 amide bonds. The van der Waals surface area contributed by atoms with E-state index in [4.69, 9.17) is 19.9 Å². The fourth-order valence-electron chi connectivity index (χ4n) is 10.7. The van der Waals surface area contributed by atoms with E-state index in [2.05, 4.69) is 31.6 Å². The van der Waals surface area contributed by atoms with Gasteiger partial charge in [-0.25, -0.2) is 23.5 Å². The van der Waals surface area contributed by atoms with Crippen molar-refractivity contribution in [1.29, 1.82) is 0 Å². The summed E-state index contributed by atoms with van der Waals surface area (Å²) in [6.07, 6.45) is 7.62. The van der Waals surface area contributed by atoms with E-state index in [1.807, 2.05) is 19.9 Å². The van der Waals surface area contributed by atoms with Crippen LogP contribution in [-0.2, 0) is 54.4 Å². The first-order valence-corrected chi connectivity index (χ1v) is 29.6. The Morgan fingerprint density at radius 3 is 2.20 bits per heavy atom. The SMILES string of the molecule is CC(=O)N1CCC(n2nnc3c(F)cc(/C=C(\C)[C@H]4OC(=O)C[C@H](O)CC[C@H](C)[C@@H](OC(=O)N5CCN(C(=O)OCc6ccc(NC(=O)[C@H](CCCNC(N)=O)NC(=O)CNC(=O)CCCCCN7C(=O)C=CC7=O)cc6)CC5)/C=C/[C@@H]4C)cc32)CC1. The Balaban J connectivity index is 0.872. The molecule has 0 aliphatic carbocycles. The number of cyclic esters (lactones) is 1. The zero-order valence-electron chi connectivity index (χ0n) is 49.6. The van der Waals surface area contributed by atoms with Crippen LogP contribution in [0.1, 0.15) is 115 Å². The van der Waals surface area contributed by atoms with Crippen LogP contribution >= 0.6 is 0 Å². The minimum absolute atomic E-state index is 0.00352. The zero-order valence-corrected chi connectivity index (χ0v) is 49.6. The number of anilines is 1. The number of carbonyl (C=O) groups excluding carboxylic acids is 10. The van der Waals surface area contributed by atoms with Crippen molar-refractivity contribution < 1.29 is 71.7 Å². The Morgan fingerprint density at radius 2 is 1.52 bits per heavy atom. The zero-order chi connectivity index (χ0) is 62.7. The molecule has 0 bridgehead atoms. The monoisotopic (exact) mass is 1210 g/mol. The number of esters is 1. The standard InChI is InChI=1S/C60H79FN12O14/c1-37-11-17-45(75)34-54(80)87-56(39(3)31-42-32-46(61)55-48(33-42)73(68-67-55)44-21-25-69(26-22-44)40(4)74)38(2)12-18-49(37)86-60(84)71-29-27-70(28-30-71)59(83)85-36-41-13-15-43(16-14-41)65-57(81)47(9-8-23-63-58(62)82)66-51(77)35-64-50(76)10-6-5-7-24-72-52(78)19-20-53(72)79/h12-16,18-20,31-33,37-38,44-45,47,49,56,75H,5-11,17,21-30,34-36H2,1-4H3,(H,64,76)(H,65,81)(H,66,77)(H3,62,63,82)/b18-12+,39-31+/t37-,38-,45+,47-,49-,56-/m0/s1. The summed E-state index contributed by atoms with van der Waals surface area (Å²) >= 11 is 0. The number of hydrogen-bond donors (Lipinski definition) is 6. The number of fused-ring (bicyclic) bond motifs is 1. The number of nitrogens with zero attached hydrogens (tertiary/aromatic N) is 7. The van der Waals surface area contributed by atoms with Gasteiger partial charge in [0.15, 0.2) is 5.82 Å². The number of hydrogen-bond acceptors (Lipinski definition) is 16. The Bertz CT molecular complexity index is 3060. The summed E-state index contributed by atoms with van der Waals surface area (Å²) in [4.78, 5) is 131. The Morgan fingerprint density at radius 1 is 0.828 bits per heavy atom. The maximum absolute atomic E-state index is 15.6. The lowest BCUT2D eigenvalue weighted by Gasteiger charge is -2.35. The largest absolute Gasteiger partial charge is 0.457 e. The van der Waals surface area contributed by atoms with Gasteiger partial charge in [-0.1, -0.05) is 49.8 Å². The highest BCUT2D eigenvalue weighted by Crippen LogP contribution is 2.30. The number of halogens is 1. The Labute approximate surface area is 503 Å². The van der Waals surface area contributed by atoms with Gasteiger partial charge in [0.2, 0.25) is 23.6 Å². The average Bonchev–Trinajstić information content (AvgIpc) is 2.59. The van der Waals surface area contributed by atoms with Gasteiger partial charge in [0.1, 0.15) is 30.4 Å². The molecule has 3 aromatic rings. The van der Waals surface area contributed by atoms with Crippen LogP contribution in [0.2, 0.25) is 0 Å². The van der Waals surface area contributed by atoms with Crippen molar-refractivity contribution in [3.05, 3.63) is 83.2 Å². The number of ether oxygens (including phenoxy) is 3. The number of piperazine rings is 1. The van der Waals surface area contributed by atoms with Crippen molar-refractivity contribution in [1.82, 2.24) is 50.5 Å². The van der Waals surface area contributed by atoms with Crippen molar-refractivity contribution in [3.8, 4) is 0 Å². The molecule has 0 saturated carbocycles. The summed E-state index contributed by atoms with van der Waals surface area (Å²) in [5.41, 5.74) is 7.84. The van der Waals surface area contributed by atoms with Gasteiger partial charge in [0.25, 0.3) is 11.8 Å². The minimum atomic E-state index is -1.06. The summed E-state index contributed by atoms with van der Waals surface area (Å²) < 4.78 is 35.0. The van der Waals surface area contributed by atoms with E-state index in [0.29, 0.717) is 79.5 Å². The number of aliphatic hydroxyl groups excluding tert-OH is 1. The predicted octanol–water partition coefficient (Wildman–Crippen LogP) is 4.38. The van der Waals surface area contributed by atoms with Crippen LogP contribution < -0.4 is 27.0 Å². The number of urea groups is 1. The molecule has 7 rings (SSSR count). The maximum atomic E-state index is 15.6. The number of piperidine rings is 1. The molecule has 5 heterocycles. The Kier molecular flexibility index (Phi) is 23.9. The van der Waals surface area contributed by atoms with Gasteiger partial charge in [0.05, 0.1) is 30.6 Å². The van der Waals surface area contributed by atoms with Gasteiger partial charge in [-0.3, -0.25) is 38.5 Å². The van der Waals surface area contributed by atoms with Gasteiger partial charge in [-0.2, -0.15) is 0 Å². The number of nitrogens with one attached hydrogen (secondary N) is 4. The van der Waals surface area contributed by atoms with Crippen molar-refractivity contribution in [3.63, 3.8) is 0 Å². The molecular formula is C60H79FN12O14. The van der Waals surface area contributed by atoms with Crippen LogP contribution in [0, 0.1) is 17.7 Å². The summed E-state index contributed by atoms with van der Waals surface area (Å²) in [7, 11) is 0. The molecular weight excluding hydrogens is 1130 g/mol. The molecule has 0 radical (unpaired) electrons. The number of aromatic nitrogens is 3. The normalized spacial score (nSPS) is 21.3. The smallest absolute Gasteiger partial charge is 0.410 e. The minimum Gasteiger partial charge on any atom is -0.457 e. The van der Waals surface area contributed by atoms with Crippen LogP contribution in [0.15, 0.2) is 66.3 Å². The summed E-state index contributed by atoms with van der Waals surface area (Å²) in [5, 5.41) is 29.6. The summed E-state index contributed by atoms with van der Waals surface area (Å²) in [6.45, 7) is 8.62. The molecule has 87 heavy (non-hydrogen) atoms. The molecule has 4 aliphatic rings. The van der Waals surface area contributed by atoms with E-state index in [-0.39, 0.29) is 113 Å². The highest BCUT2D eigenvalue weighted by atomic mass is 19.1. The molecule has 26 nitrogen and oxygen atoms in total. The number of unbranched alkanes of at least 4 members (excludes halogenated alkanes) is 2. The second kappa shape index (κ2) is 31.6. The molecule has 2 aromatic carbocycles. The van der Waals surface area contributed by atoms with Crippen LogP contribution in [0.4, 0.5) is 24.5 Å². The molecule has 4 aliphatic heterocycles. The maximum Gasteiger partial charge on any atom is 0.410 e. The van der Waals surface area contributed by atoms with Crippen LogP contribution in [-0.4, -0.2) is 183 Å². The van der Waals surface area contributed by atoms with E-state index in [0.717, 1.165) is 4.90 Å². The van der Waals surface area contributed by atoms with Gasteiger partial charge in [-0.05, 0) is 111 Å². The number of likely N-dealkylation sites (tertiary alicyclic amines) is 1. The third-order valence-electron chi connectivity index (χ3n) is 15.8. The average molecular weight is 1210 g/mol. The fraction of sp³-hybridized carbons (Fsp3) is 0.533. The van der Waals surface area contributed by atoms with Crippen LogP contribution in [0.5, 0.6) is 0 Å². The molecule has 6 atom stereocenters. The van der Waals surface area contributed by atoms with E-state index in [1.54, 1.807) is 59.0 Å². The summed E-state index contributed by atoms with van der Waals surface area (Å²) in [5.74, 6) is -4.24. The fourth-order valence-corrected chi connectivity index (χ4v) is 10.7. The first-order chi connectivity index (χ1) is 41.6. The topological polar surface area (TPSA) is 336 Å². The van der Waals surface area contributed by atoms with Crippen molar-refractivity contribution in [2.24, 2.45) is 17.6 Å². The number of rotatable bonds is 21. The third-order valence-corrected chi connectivity index (χ3v) is 15.8. The van der Waals surface area contributed by atoms with Crippen molar-refractivity contribution in [2.75, 3.05) is 64.2 Å². The number of amides is 10. The second-order valence-electron chi connectivity index (χ2n) is 22.5. The van der Waals surface area contributed by atoms with Gasteiger partial charge < -0.3 is 61.0 Å². The highest BCUT2D eigenvalue weighted by molar-refractivity contribution is 6.12. The number of benzene rings is 2. The number of primary amides is 1. The number of imide groups is 1. The van der Waals surface area contributed by atoms with E-state index in [1.165, 1.54) is 34.9 Å². The van der Waals surface area contributed by atoms with Crippen molar-refractivity contribution in [2.45, 2.75) is 135 Å². The third kappa shape index (κ3) is 19.4. The molecule has 0 unspecified atom stereocenters. The first kappa shape index (κ1) is 65.8. The molecule has 1 aromatic heterocycles. The number of nitrogens with two attached hydrogens (primary N) is 1. The lowest BCUT2D eigenvalue weighted by Crippen LogP contribution is -2.51. The number of carbonyl (C=O) groups is 10. The van der Waals surface area contributed by atoms with Gasteiger partial charge in [0, 0.05) is 89.5 Å². The first-order valence-electron chi connectivity index (χ1n) is 29.6. The molecule has 2 saturated heterocycles. The van der Waals surface area contributed by atoms with Crippen LogP contribution in [0.25, 0.3) is 17.1 Å². The molecule has 27 heteroatoms. The molecule has 0 spiro atoms. The van der Waals surface area contributed by atoms with Crippen LogP contribution in [0.3, 0.4) is 0 Å². The predicted molar refractivity (Wildman–Crippen MR) is 314 cm³/mol. The summed E-state index contributed by atoms with van der Waals surface area (Å²) in [6, 6.07) is 7.71. The lowest BCUT2D eigenvalue weighted by atomic mass is 9.91. The quantitative estimate of drug-likeness (QED) is 0.0283. The highest BCUT2D eigenvalue weighted by Gasteiger charge is 2.32. The second-order valence-corrected chi connectivity index (χ2v) is 22.5. The lowest BCUT2D eigenvalue weighted by molar-refractivity contribution is -0.151. The van der Waals surface area contributed by atoms with Crippen molar-refractivity contribution >= 4 is 82.4 Å². The Hall–Kier alpha value is -8.75. The van der Waals surface area contributed by atoms with E-state index >= 15 is 4.39 Å². The van der Waals surface area contributed by atoms with E-state index in [9.17, 15) is 53.1 Å². The molecule has 470 valence electrons.